The van der Waals surface area contributed by atoms with Gasteiger partial charge in [-0.05, 0) is 74.1 Å². The van der Waals surface area contributed by atoms with Crippen molar-refractivity contribution in [3.63, 3.8) is 0 Å². The molecule has 1 aromatic heterocycles. The number of anilines is 1. The maximum atomic E-state index is 13.8. The van der Waals surface area contributed by atoms with E-state index in [-0.39, 0.29) is 17.7 Å². The van der Waals surface area contributed by atoms with Crippen molar-refractivity contribution in [1.29, 1.82) is 0 Å². The van der Waals surface area contributed by atoms with E-state index >= 15 is 0 Å². The summed E-state index contributed by atoms with van der Waals surface area (Å²) in [6.45, 7) is 12.0. The van der Waals surface area contributed by atoms with Crippen LogP contribution in [0.4, 0.5) is 10.5 Å². The number of rotatable bonds is 8. The lowest BCUT2D eigenvalue weighted by Crippen LogP contribution is -2.45. The molecule has 11 nitrogen and oxygen atoms in total. The van der Waals surface area contributed by atoms with Crippen LogP contribution >= 0.6 is 0 Å². The smallest absolute Gasteiger partial charge is 0.410 e. The van der Waals surface area contributed by atoms with Crippen molar-refractivity contribution in [2.24, 2.45) is 5.92 Å². The minimum Gasteiger partial charge on any atom is -0.444 e. The van der Waals surface area contributed by atoms with Gasteiger partial charge in [-0.15, -0.1) is 5.10 Å². The number of nitrogens with one attached hydrogen (secondary N) is 2. The summed E-state index contributed by atoms with van der Waals surface area (Å²) in [5.41, 5.74) is 1.77. The van der Waals surface area contributed by atoms with Gasteiger partial charge in [0.05, 0.1) is 23.8 Å². The summed E-state index contributed by atoms with van der Waals surface area (Å²) >= 11 is 0. The third-order valence-electron chi connectivity index (χ3n) is 6.91. The zero-order valence-electron chi connectivity index (χ0n) is 24.5. The second-order valence-corrected chi connectivity index (χ2v) is 11.7. The minimum absolute atomic E-state index is 0.0255. The Hall–Kier alpha value is -4.28. The van der Waals surface area contributed by atoms with E-state index in [0.29, 0.717) is 48.6 Å². The number of amides is 3. The summed E-state index contributed by atoms with van der Waals surface area (Å²) in [6.07, 6.45) is 0.676. The number of carbonyl (C=O) groups excluding carboxylic acids is 3. The van der Waals surface area contributed by atoms with E-state index in [1.165, 1.54) is 4.90 Å². The fourth-order valence-corrected chi connectivity index (χ4v) is 4.91. The summed E-state index contributed by atoms with van der Waals surface area (Å²) in [4.78, 5) is 41.4. The van der Waals surface area contributed by atoms with Gasteiger partial charge in [-0.3, -0.25) is 14.5 Å². The number of hydrogen-bond acceptors (Lipinski definition) is 7. The third-order valence-corrected chi connectivity index (χ3v) is 6.91. The van der Waals surface area contributed by atoms with Crippen LogP contribution in [0.25, 0.3) is 0 Å². The number of aromatic nitrogens is 4. The molecule has 2 aromatic carbocycles. The average molecular weight is 562 g/mol. The van der Waals surface area contributed by atoms with Crippen LogP contribution in [-0.4, -0.2) is 61.2 Å². The Kier molecular flexibility index (Phi) is 9.05. The van der Waals surface area contributed by atoms with Gasteiger partial charge in [-0.1, -0.05) is 56.3 Å². The molecule has 0 spiro atoms. The fraction of sp³-hybridized carbons (Fsp3) is 0.467. The van der Waals surface area contributed by atoms with Gasteiger partial charge < -0.3 is 15.4 Å². The van der Waals surface area contributed by atoms with E-state index < -0.39 is 23.8 Å². The molecule has 1 aliphatic heterocycles. The average Bonchev–Trinajstić information content (AvgIpc) is 3.57. The van der Waals surface area contributed by atoms with E-state index in [1.807, 2.05) is 57.2 Å². The van der Waals surface area contributed by atoms with Crippen molar-refractivity contribution < 1.29 is 19.1 Å². The summed E-state index contributed by atoms with van der Waals surface area (Å²) in [7, 11) is 0. The number of ether oxygens (including phenoxy) is 1. The summed E-state index contributed by atoms with van der Waals surface area (Å²) in [6, 6.07) is 13.9. The highest BCUT2D eigenvalue weighted by Gasteiger charge is 2.37. The van der Waals surface area contributed by atoms with Crippen molar-refractivity contribution in [3.05, 3.63) is 71.0 Å². The molecule has 1 saturated heterocycles. The second kappa shape index (κ2) is 12.5. The van der Waals surface area contributed by atoms with Crippen molar-refractivity contribution >= 4 is 23.6 Å². The minimum atomic E-state index is -0.688. The first-order valence-corrected chi connectivity index (χ1v) is 14.0. The van der Waals surface area contributed by atoms with E-state index in [9.17, 15) is 14.4 Å². The van der Waals surface area contributed by atoms with E-state index in [4.69, 9.17) is 4.74 Å². The van der Waals surface area contributed by atoms with Gasteiger partial charge in [0, 0.05) is 6.54 Å². The summed E-state index contributed by atoms with van der Waals surface area (Å²) in [5.74, 6) is -0.209. The molecule has 0 saturated carbocycles. The van der Waals surface area contributed by atoms with Crippen molar-refractivity contribution in [1.82, 2.24) is 30.4 Å². The molecule has 3 aromatic rings. The number of nitrogens with zero attached hydrogens (tertiary/aromatic N) is 5. The zero-order valence-corrected chi connectivity index (χ0v) is 24.5. The number of hydrogen-bond donors (Lipinski definition) is 2. The number of benzene rings is 2. The van der Waals surface area contributed by atoms with E-state index in [0.717, 1.165) is 5.56 Å². The Morgan fingerprint density at radius 2 is 1.80 bits per heavy atom. The van der Waals surface area contributed by atoms with Crippen LogP contribution in [0.2, 0.25) is 0 Å². The monoisotopic (exact) mass is 561 g/mol. The molecular weight excluding hydrogens is 522 g/mol. The zero-order chi connectivity index (χ0) is 29.7. The first-order valence-electron chi connectivity index (χ1n) is 14.0. The lowest BCUT2D eigenvalue weighted by molar-refractivity contribution is -0.120. The predicted molar refractivity (Wildman–Crippen MR) is 154 cm³/mol. The van der Waals surface area contributed by atoms with Crippen LogP contribution in [0.15, 0.2) is 48.5 Å². The molecule has 0 unspecified atom stereocenters. The largest absolute Gasteiger partial charge is 0.444 e. The van der Waals surface area contributed by atoms with E-state index in [2.05, 4.69) is 26.2 Å². The number of aryl methyl sites for hydroxylation is 1. The molecule has 0 bridgehead atoms. The number of tetrazole rings is 1. The number of likely N-dealkylation sites (tertiary alicyclic amines) is 1. The molecule has 11 heteroatoms. The first-order chi connectivity index (χ1) is 19.4. The van der Waals surface area contributed by atoms with Gasteiger partial charge in [0.15, 0.2) is 5.82 Å². The van der Waals surface area contributed by atoms with Crippen molar-refractivity contribution in [2.75, 3.05) is 11.9 Å². The quantitative estimate of drug-likeness (QED) is 0.414. The molecule has 0 radical (unpaired) electrons. The highest BCUT2D eigenvalue weighted by molar-refractivity contribution is 6.06. The highest BCUT2D eigenvalue weighted by atomic mass is 16.6. The maximum Gasteiger partial charge on any atom is 0.410 e. The van der Waals surface area contributed by atoms with Gasteiger partial charge >= 0.3 is 6.09 Å². The Morgan fingerprint density at radius 3 is 2.49 bits per heavy atom. The second-order valence-electron chi connectivity index (χ2n) is 11.7. The Labute approximate surface area is 240 Å². The van der Waals surface area contributed by atoms with Gasteiger partial charge in [0.1, 0.15) is 11.6 Å². The molecule has 1 fully saturated rings. The number of carbonyl (C=O) groups is 3. The van der Waals surface area contributed by atoms with Crippen LogP contribution in [-0.2, 0) is 16.1 Å². The van der Waals surface area contributed by atoms with Crippen LogP contribution in [0.3, 0.4) is 0 Å². The lowest BCUT2D eigenvalue weighted by atomic mass is 10.0. The Balaban J connectivity index is 1.54. The molecule has 2 atom stereocenters. The topological polar surface area (TPSA) is 131 Å². The SMILES string of the molecule is Cc1cccc(NC(=O)[C@@H]2CCCN2C(=O)OC(C)(C)C)c1C(=O)N[C@H](c1nnnn1Cc1ccccc1)C(C)C. The van der Waals surface area contributed by atoms with Gasteiger partial charge in [0.2, 0.25) is 5.91 Å². The molecule has 0 aliphatic carbocycles. The standard InChI is InChI=1S/C30H39N7O4/c1-19(2)25(26-33-34-35-37(26)18-21-13-8-7-9-14-21)32-28(39)24-20(3)12-10-15-22(24)31-27(38)23-16-11-17-36(23)29(40)41-30(4,5)6/h7-10,12-15,19,23,25H,11,16-18H2,1-6H3,(H,31,38)(H,32,39)/t23-,25-/m0/s1. The summed E-state index contributed by atoms with van der Waals surface area (Å²) < 4.78 is 7.19. The molecular formula is C30H39N7O4. The first kappa shape index (κ1) is 29.7. The Bertz CT molecular complexity index is 1380. The molecule has 3 amide bonds. The van der Waals surface area contributed by atoms with Crippen LogP contribution in [0.1, 0.15) is 80.8 Å². The molecule has 4 rings (SSSR count). The van der Waals surface area contributed by atoms with Gasteiger partial charge in [-0.25, -0.2) is 9.48 Å². The van der Waals surface area contributed by atoms with Gasteiger partial charge in [-0.2, -0.15) is 0 Å². The van der Waals surface area contributed by atoms with E-state index in [1.54, 1.807) is 37.6 Å². The lowest BCUT2D eigenvalue weighted by Gasteiger charge is -2.28. The van der Waals surface area contributed by atoms with Crippen molar-refractivity contribution in [3.8, 4) is 0 Å². The van der Waals surface area contributed by atoms with Gasteiger partial charge in [0.25, 0.3) is 5.91 Å². The van der Waals surface area contributed by atoms with Crippen molar-refractivity contribution in [2.45, 2.75) is 78.6 Å². The maximum absolute atomic E-state index is 13.8. The van der Waals surface area contributed by atoms with Crippen LogP contribution < -0.4 is 10.6 Å². The molecule has 1 aliphatic rings. The molecule has 2 heterocycles. The fourth-order valence-electron chi connectivity index (χ4n) is 4.91. The Morgan fingerprint density at radius 1 is 1.07 bits per heavy atom. The molecule has 2 N–H and O–H groups in total. The summed E-state index contributed by atoms with van der Waals surface area (Å²) in [5, 5.41) is 18.3. The predicted octanol–water partition coefficient (Wildman–Crippen LogP) is 4.49. The normalized spacial score (nSPS) is 16.0. The van der Waals surface area contributed by atoms with Crippen LogP contribution in [0, 0.1) is 12.8 Å². The molecule has 218 valence electrons. The van der Waals surface area contributed by atoms with Crippen LogP contribution in [0.5, 0.6) is 0 Å². The third kappa shape index (κ3) is 7.27. The molecule has 41 heavy (non-hydrogen) atoms. The highest BCUT2D eigenvalue weighted by Crippen LogP contribution is 2.27.